The van der Waals surface area contributed by atoms with Gasteiger partial charge in [0.25, 0.3) is 11.3 Å². The number of anilines is 1. The number of halogens is 2. The van der Waals surface area contributed by atoms with Gasteiger partial charge in [-0.3, -0.25) is 9.23 Å². The lowest BCUT2D eigenvalue weighted by atomic mass is 9.94. The molecule has 4 N–H and O–H groups in total. The van der Waals surface area contributed by atoms with E-state index in [1.165, 1.54) is 18.3 Å². The standard InChI is InChI=1S/C32H35F2N7O5S/c1-32(2,44)11-10-23-8-9-24(28(35-23)27(36-31(42)43)18-20-16-21(33)19-22(34)17-20)25-6-5-7-26-29(25)39(4)37-30(26)41(47(45)46)40-14-12-38(3)13-15-40/h5-9,16-17,19,27,36,44H,12-15,18H2,1-4H3,(H,42,43)(H,45,46). The third-order valence-electron chi connectivity index (χ3n) is 7.61. The van der Waals surface area contributed by atoms with Crippen LogP contribution in [0.4, 0.5) is 19.4 Å². The molecule has 1 fully saturated rings. The van der Waals surface area contributed by atoms with Crippen LogP contribution in [0.15, 0.2) is 48.5 Å². The fourth-order valence-corrected chi connectivity index (χ4v) is 6.19. The van der Waals surface area contributed by atoms with Crippen LogP contribution < -0.4 is 9.73 Å². The number of nitrogens with one attached hydrogen (secondary N) is 1. The number of carbonyl (C=O) groups is 1. The SMILES string of the molecule is CN1CCN(N(c2nn(C)c3c(-c4ccc(C#CC(C)(C)O)nc4C(Cc4cc(F)cc(F)c4)NC(=O)O)cccc23)S(=O)O)CC1. The predicted octanol–water partition coefficient (Wildman–Crippen LogP) is 3.69. The molecule has 2 aromatic heterocycles. The Morgan fingerprint density at radius 1 is 1.09 bits per heavy atom. The van der Waals surface area contributed by atoms with E-state index in [1.54, 1.807) is 47.1 Å². The number of fused-ring (bicyclic) bond motifs is 1. The van der Waals surface area contributed by atoms with Gasteiger partial charge in [0, 0.05) is 55.8 Å². The highest BCUT2D eigenvalue weighted by atomic mass is 32.2. The number of benzene rings is 2. The van der Waals surface area contributed by atoms with E-state index in [0.717, 1.165) is 18.2 Å². The monoisotopic (exact) mass is 667 g/mol. The zero-order valence-corrected chi connectivity index (χ0v) is 27.1. The molecule has 0 spiro atoms. The van der Waals surface area contributed by atoms with Gasteiger partial charge in [-0.2, -0.15) is 9.51 Å². The summed E-state index contributed by atoms with van der Waals surface area (Å²) in [4.78, 5) is 18.9. The lowest BCUT2D eigenvalue weighted by Crippen LogP contribution is -2.53. The third-order valence-corrected chi connectivity index (χ3v) is 8.31. The summed E-state index contributed by atoms with van der Waals surface area (Å²) in [6.07, 6.45) is -1.54. The van der Waals surface area contributed by atoms with E-state index < -0.39 is 40.6 Å². The Bertz CT molecular complexity index is 1870. The van der Waals surface area contributed by atoms with Gasteiger partial charge in [0.2, 0.25) is 0 Å². The van der Waals surface area contributed by atoms with Crippen LogP contribution in [-0.2, 0) is 24.7 Å². The molecule has 248 valence electrons. The van der Waals surface area contributed by atoms with Crippen molar-refractivity contribution >= 4 is 34.1 Å². The molecule has 0 bridgehead atoms. The molecule has 12 nitrogen and oxygen atoms in total. The number of amides is 1. The van der Waals surface area contributed by atoms with E-state index in [9.17, 15) is 32.6 Å². The molecule has 47 heavy (non-hydrogen) atoms. The molecule has 1 saturated heterocycles. The first-order valence-electron chi connectivity index (χ1n) is 14.7. The van der Waals surface area contributed by atoms with Crippen LogP contribution in [0.3, 0.4) is 0 Å². The fraction of sp³-hybridized carbons (Fsp3) is 0.344. The summed E-state index contributed by atoms with van der Waals surface area (Å²) >= 11 is -2.43. The van der Waals surface area contributed by atoms with Crippen molar-refractivity contribution in [1.29, 1.82) is 0 Å². The highest BCUT2D eigenvalue weighted by molar-refractivity contribution is 7.80. The molecule has 4 aromatic rings. The van der Waals surface area contributed by atoms with Crippen LogP contribution in [0.25, 0.3) is 22.0 Å². The lowest BCUT2D eigenvalue weighted by molar-refractivity contribution is 0.143. The van der Waals surface area contributed by atoms with Gasteiger partial charge in [-0.25, -0.2) is 27.8 Å². The second-order valence-electron chi connectivity index (χ2n) is 11.8. The van der Waals surface area contributed by atoms with Crippen molar-refractivity contribution in [2.45, 2.75) is 31.9 Å². The van der Waals surface area contributed by atoms with Crippen LogP contribution in [0.2, 0.25) is 0 Å². The Labute approximate surface area is 273 Å². The number of aryl methyl sites for hydroxylation is 1. The average molecular weight is 668 g/mol. The van der Waals surface area contributed by atoms with Gasteiger partial charge in [0.05, 0.1) is 17.3 Å². The van der Waals surface area contributed by atoms with Crippen molar-refractivity contribution in [2.75, 3.05) is 37.6 Å². The number of pyridine rings is 1. The Kier molecular flexibility index (Phi) is 9.89. The minimum Gasteiger partial charge on any atom is -0.465 e. The first-order chi connectivity index (χ1) is 22.2. The Morgan fingerprint density at radius 3 is 2.38 bits per heavy atom. The first kappa shape index (κ1) is 33.9. The molecular weight excluding hydrogens is 632 g/mol. The number of aromatic nitrogens is 3. The maximum Gasteiger partial charge on any atom is 0.405 e. The maximum atomic E-state index is 14.2. The first-order valence-corrected chi connectivity index (χ1v) is 15.8. The maximum absolute atomic E-state index is 14.2. The van der Waals surface area contributed by atoms with Gasteiger partial charge in [0.1, 0.15) is 22.9 Å². The zero-order valence-electron chi connectivity index (χ0n) is 26.2. The fourth-order valence-electron chi connectivity index (χ4n) is 5.55. The quantitative estimate of drug-likeness (QED) is 0.163. The van der Waals surface area contributed by atoms with Crippen molar-refractivity contribution in [1.82, 2.24) is 30.0 Å². The highest BCUT2D eigenvalue weighted by Gasteiger charge is 2.30. The van der Waals surface area contributed by atoms with E-state index in [2.05, 4.69) is 27.2 Å². The summed E-state index contributed by atoms with van der Waals surface area (Å²) in [6.45, 7) is 5.40. The third kappa shape index (κ3) is 7.92. The van der Waals surface area contributed by atoms with Gasteiger partial charge < -0.3 is 20.4 Å². The van der Waals surface area contributed by atoms with E-state index in [1.807, 2.05) is 7.05 Å². The number of hydrogen-bond donors (Lipinski definition) is 4. The van der Waals surface area contributed by atoms with Crippen LogP contribution in [0.1, 0.15) is 36.8 Å². The minimum absolute atomic E-state index is 0.156. The number of aliphatic hydroxyl groups is 1. The molecule has 0 radical (unpaired) electrons. The van der Waals surface area contributed by atoms with Crippen LogP contribution >= 0.6 is 0 Å². The molecular formula is C32H35F2N7O5S. The minimum atomic E-state index is -2.43. The second kappa shape index (κ2) is 13.7. The molecule has 0 saturated carbocycles. The molecule has 1 aliphatic heterocycles. The van der Waals surface area contributed by atoms with Gasteiger partial charge in [-0.15, -0.1) is 0 Å². The highest BCUT2D eigenvalue weighted by Crippen LogP contribution is 2.38. The largest absolute Gasteiger partial charge is 0.465 e. The number of carboxylic acid groups (broad SMARTS) is 1. The van der Waals surface area contributed by atoms with Crippen molar-refractivity contribution < 1.29 is 32.6 Å². The summed E-state index contributed by atoms with van der Waals surface area (Å²) in [5, 5.41) is 29.4. The average Bonchev–Trinajstić information content (AvgIpc) is 3.31. The zero-order chi connectivity index (χ0) is 34.0. The smallest absolute Gasteiger partial charge is 0.405 e. The number of piperazine rings is 1. The molecule has 1 aliphatic rings. The number of hydrazine groups is 1. The van der Waals surface area contributed by atoms with Crippen LogP contribution in [0, 0.1) is 23.5 Å². The molecule has 2 aromatic carbocycles. The molecule has 2 atom stereocenters. The van der Waals surface area contributed by atoms with Crippen LogP contribution in [0.5, 0.6) is 0 Å². The summed E-state index contributed by atoms with van der Waals surface area (Å²) in [5.41, 5.74) is 0.883. The van der Waals surface area contributed by atoms with Crippen molar-refractivity contribution in [2.24, 2.45) is 7.05 Å². The van der Waals surface area contributed by atoms with Gasteiger partial charge >= 0.3 is 6.09 Å². The predicted molar refractivity (Wildman–Crippen MR) is 173 cm³/mol. The normalized spacial score (nSPS) is 15.6. The van der Waals surface area contributed by atoms with Gasteiger partial charge in [0.15, 0.2) is 5.82 Å². The number of para-hydroxylation sites is 1. The number of rotatable bonds is 8. The van der Waals surface area contributed by atoms with Gasteiger partial charge in [-0.05, 0) is 69.1 Å². The van der Waals surface area contributed by atoms with Crippen molar-refractivity contribution in [3.8, 4) is 23.0 Å². The number of likely N-dealkylation sites (N-methyl/N-ethyl adjacent to an activating group) is 1. The number of nitrogens with zero attached hydrogens (tertiary/aromatic N) is 6. The van der Waals surface area contributed by atoms with E-state index in [-0.39, 0.29) is 29.2 Å². The van der Waals surface area contributed by atoms with Gasteiger partial charge in [-0.1, -0.05) is 18.1 Å². The Morgan fingerprint density at radius 2 is 1.77 bits per heavy atom. The second-order valence-corrected chi connectivity index (χ2v) is 12.6. The topological polar surface area (TPSA) is 147 Å². The number of hydrogen-bond acceptors (Lipinski definition) is 7. The summed E-state index contributed by atoms with van der Waals surface area (Å²) in [5.74, 6) is 4.14. The molecule has 1 amide bonds. The van der Waals surface area contributed by atoms with Crippen LogP contribution in [-0.4, -0.2) is 88.6 Å². The summed E-state index contributed by atoms with van der Waals surface area (Å²) in [6, 6.07) is 10.5. The summed E-state index contributed by atoms with van der Waals surface area (Å²) in [7, 11) is 3.67. The molecule has 5 rings (SSSR count). The lowest BCUT2D eigenvalue weighted by Gasteiger charge is -2.37. The van der Waals surface area contributed by atoms with E-state index in [4.69, 9.17) is 4.98 Å². The van der Waals surface area contributed by atoms with Crippen molar-refractivity contribution in [3.63, 3.8) is 0 Å². The molecule has 2 unspecified atom stereocenters. The summed E-state index contributed by atoms with van der Waals surface area (Å²) < 4.78 is 54.3. The Balaban J connectivity index is 1.70. The van der Waals surface area contributed by atoms with E-state index >= 15 is 0 Å². The Hall–Kier alpha value is -4.46. The van der Waals surface area contributed by atoms with Crippen molar-refractivity contribution in [3.05, 3.63) is 77.1 Å². The van der Waals surface area contributed by atoms with E-state index in [0.29, 0.717) is 48.2 Å². The molecule has 15 heteroatoms. The molecule has 3 heterocycles. The molecule has 0 aliphatic carbocycles.